The lowest BCUT2D eigenvalue weighted by Crippen LogP contribution is -2.44. The number of pyridine rings is 1. The Morgan fingerprint density at radius 3 is 2.56 bits per heavy atom. The molecule has 0 spiro atoms. The average Bonchev–Trinajstić information content (AvgIpc) is 2.54. The van der Waals surface area contributed by atoms with Crippen LogP contribution in [-0.2, 0) is 9.53 Å². The molecule has 1 N–H and O–H groups in total. The molecular weight excluding hydrogens is 316 g/mol. The van der Waals surface area contributed by atoms with Crippen molar-refractivity contribution < 1.29 is 14.3 Å². The van der Waals surface area contributed by atoms with Crippen LogP contribution in [0.1, 0.15) is 65.9 Å². The molecule has 0 saturated heterocycles. The maximum atomic E-state index is 12.8. The van der Waals surface area contributed by atoms with Crippen LogP contribution in [0.4, 0.5) is 5.69 Å². The zero-order valence-corrected chi connectivity index (χ0v) is 16.6. The minimum Gasteiger partial charge on any atom is -0.477 e. The van der Waals surface area contributed by atoms with Gasteiger partial charge < -0.3 is 14.8 Å². The summed E-state index contributed by atoms with van der Waals surface area (Å²) in [5, 5.41) is 2.95. The van der Waals surface area contributed by atoms with Gasteiger partial charge in [0.25, 0.3) is 5.91 Å². The Morgan fingerprint density at radius 1 is 1.28 bits per heavy atom. The summed E-state index contributed by atoms with van der Waals surface area (Å²) in [7, 11) is 0. The molecule has 0 aliphatic rings. The van der Waals surface area contributed by atoms with Gasteiger partial charge in [-0.1, -0.05) is 34.1 Å². The number of hydrogen-bond acceptors (Lipinski definition) is 4. The van der Waals surface area contributed by atoms with Crippen LogP contribution in [-0.4, -0.2) is 29.7 Å². The van der Waals surface area contributed by atoms with Crippen LogP contribution >= 0.6 is 0 Å². The Bertz CT molecular complexity index is 546. The van der Waals surface area contributed by atoms with Crippen LogP contribution in [0.2, 0.25) is 0 Å². The van der Waals surface area contributed by atoms with Gasteiger partial charge in [0.2, 0.25) is 5.88 Å². The van der Waals surface area contributed by atoms with Crippen molar-refractivity contribution in [3.05, 3.63) is 17.8 Å². The molecule has 0 saturated carbocycles. The van der Waals surface area contributed by atoms with E-state index in [4.69, 9.17) is 9.47 Å². The predicted octanol–water partition coefficient (Wildman–Crippen LogP) is 4.74. The van der Waals surface area contributed by atoms with E-state index < -0.39 is 5.60 Å². The molecule has 0 unspecified atom stereocenters. The van der Waals surface area contributed by atoms with Gasteiger partial charge in [-0.15, -0.1) is 0 Å². The molecule has 0 aliphatic heterocycles. The van der Waals surface area contributed by atoms with Crippen LogP contribution < -0.4 is 10.1 Å². The molecule has 1 atom stereocenters. The van der Waals surface area contributed by atoms with Gasteiger partial charge in [0.05, 0.1) is 18.5 Å². The Kier molecular flexibility index (Phi) is 8.90. The molecule has 0 fully saturated rings. The lowest BCUT2D eigenvalue weighted by molar-refractivity contribution is -0.141. The van der Waals surface area contributed by atoms with Gasteiger partial charge in [0, 0.05) is 12.2 Å². The highest BCUT2D eigenvalue weighted by atomic mass is 16.5. The van der Waals surface area contributed by atoms with E-state index >= 15 is 0 Å². The first-order valence-corrected chi connectivity index (χ1v) is 9.37. The average molecular weight is 351 g/mol. The summed E-state index contributed by atoms with van der Waals surface area (Å²) in [5.74, 6) is 0.857. The van der Waals surface area contributed by atoms with Gasteiger partial charge in [0.15, 0.2) is 0 Å². The number of aryl methyl sites for hydroxylation is 1. The topological polar surface area (TPSA) is 60.5 Å². The van der Waals surface area contributed by atoms with Crippen molar-refractivity contribution in [2.45, 2.75) is 72.8 Å². The first kappa shape index (κ1) is 21.4. The summed E-state index contributed by atoms with van der Waals surface area (Å²) >= 11 is 0. The highest BCUT2D eigenvalue weighted by molar-refractivity contribution is 5.97. The molecule has 0 radical (unpaired) electrons. The number of carbonyl (C=O) groups excluding carboxylic acids is 1. The van der Waals surface area contributed by atoms with Crippen LogP contribution in [0.15, 0.2) is 12.3 Å². The highest BCUT2D eigenvalue weighted by Gasteiger charge is 2.35. The Balaban J connectivity index is 2.80. The molecule has 5 heteroatoms. The minimum atomic E-state index is -0.839. The smallest absolute Gasteiger partial charge is 0.256 e. The lowest BCUT2D eigenvalue weighted by Gasteiger charge is -2.30. The number of nitrogens with one attached hydrogen (secondary N) is 1. The third kappa shape index (κ3) is 7.02. The van der Waals surface area contributed by atoms with Crippen molar-refractivity contribution in [3.8, 4) is 5.88 Å². The molecule has 25 heavy (non-hydrogen) atoms. The Morgan fingerprint density at radius 2 is 2.00 bits per heavy atom. The molecule has 1 heterocycles. The number of anilines is 1. The molecule has 1 amide bonds. The van der Waals surface area contributed by atoms with Crippen LogP contribution in [0.5, 0.6) is 5.88 Å². The molecule has 0 aromatic carbocycles. The van der Waals surface area contributed by atoms with E-state index in [1.54, 1.807) is 6.20 Å². The largest absolute Gasteiger partial charge is 0.477 e. The molecular formula is C20H34N2O3. The summed E-state index contributed by atoms with van der Waals surface area (Å²) in [4.78, 5) is 17.1. The number of hydrogen-bond donors (Lipinski definition) is 1. The van der Waals surface area contributed by atoms with Gasteiger partial charge in [-0.25, -0.2) is 4.98 Å². The zero-order chi connectivity index (χ0) is 18.9. The zero-order valence-electron chi connectivity index (χ0n) is 16.6. The summed E-state index contributed by atoms with van der Waals surface area (Å²) in [6.45, 7) is 13.4. The molecule has 1 rings (SSSR count). The second-order valence-electron chi connectivity index (χ2n) is 7.18. The first-order chi connectivity index (χ1) is 11.8. The molecule has 1 aromatic heterocycles. The van der Waals surface area contributed by atoms with E-state index in [0.717, 1.165) is 24.8 Å². The molecule has 5 nitrogen and oxygen atoms in total. The van der Waals surface area contributed by atoms with Crippen molar-refractivity contribution in [2.75, 3.05) is 18.5 Å². The maximum Gasteiger partial charge on any atom is 0.256 e. The number of amides is 1. The normalized spacial score (nSPS) is 13.6. The van der Waals surface area contributed by atoms with E-state index in [9.17, 15) is 4.79 Å². The molecule has 1 aromatic rings. The fourth-order valence-corrected chi connectivity index (χ4v) is 2.68. The standard InChI is InChI=1S/C20H34N2O3/c1-7-9-11-24-18-16(5)12-17(14-21-18)22-19(23)20(6,13-15(3)4)25-10-8-2/h12,14-15H,7-11,13H2,1-6H3,(H,22,23)/t20-/m1/s1. The highest BCUT2D eigenvalue weighted by Crippen LogP contribution is 2.25. The third-order valence-corrected chi connectivity index (χ3v) is 3.93. The second-order valence-corrected chi connectivity index (χ2v) is 7.18. The number of aromatic nitrogens is 1. The number of unbranched alkanes of at least 4 members (excludes halogenated alkanes) is 1. The van der Waals surface area contributed by atoms with Crippen molar-refractivity contribution in [3.63, 3.8) is 0 Å². The van der Waals surface area contributed by atoms with Crippen molar-refractivity contribution >= 4 is 11.6 Å². The van der Waals surface area contributed by atoms with Gasteiger partial charge >= 0.3 is 0 Å². The van der Waals surface area contributed by atoms with E-state index in [1.165, 1.54) is 0 Å². The van der Waals surface area contributed by atoms with Crippen molar-refractivity contribution in [1.82, 2.24) is 4.98 Å². The van der Waals surface area contributed by atoms with E-state index in [1.807, 2.05) is 26.8 Å². The van der Waals surface area contributed by atoms with E-state index in [-0.39, 0.29) is 5.91 Å². The van der Waals surface area contributed by atoms with Gasteiger partial charge in [-0.3, -0.25) is 4.79 Å². The summed E-state index contributed by atoms with van der Waals surface area (Å²) in [6.07, 6.45) is 5.28. The van der Waals surface area contributed by atoms with E-state index in [0.29, 0.717) is 37.1 Å². The summed E-state index contributed by atoms with van der Waals surface area (Å²) < 4.78 is 11.5. The van der Waals surface area contributed by atoms with E-state index in [2.05, 4.69) is 31.1 Å². The fraction of sp³-hybridized carbons (Fsp3) is 0.700. The number of nitrogens with zero attached hydrogens (tertiary/aromatic N) is 1. The number of carbonyl (C=O) groups is 1. The molecule has 142 valence electrons. The van der Waals surface area contributed by atoms with Crippen LogP contribution in [0.3, 0.4) is 0 Å². The van der Waals surface area contributed by atoms with Crippen LogP contribution in [0, 0.1) is 12.8 Å². The Labute approximate surface area is 152 Å². The second kappa shape index (κ2) is 10.4. The molecule has 0 bridgehead atoms. The first-order valence-electron chi connectivity index (χ1n) is 9.37. The Hall–Kier alpha value is -1.62. The lowest BCUT2D eigenvalue weighted by atomic mass is 9.93. The summed E-state index contributed by atoms with van der Waals surface area (Å²) in [6, 6.07) is 1.89. The third-order valence-electron chi connectivity index (χ3n) is 3.93. The van der Waals surface area contributed by atoms with Gasteiger partial charge in [0.1, 0.15) is 5.60 Å². The predicted molar refractivity (Wildman–Crippen MR) is 102 cm³/mol. The van der Waals surface area contributed by atoms with Crippen molar-refractivity contribution in [2.24, 2.45) is 5.92 Å². The van der Waals surface area contributed by atoms with Gasteiger partial charge in [-0.05, 0) is 45.1 Å². The quantitative estimate of drug-likeness (QED) is 0.586. The number of ether oxygens (including phenoxy) is 2. The van der Waals surface area contributed by atoms with Crippen LogP contribution in [0.25, 0.3) is 0 Å². The minimum absolute atomic E-state index is 0.129. The number of rotatable bonds is 11. The van der Waals surface area contributed by atoms with Crippen molar-refractivity contribution in [1.29, 1.82) is 0 Å². The van der Waals surface area contributed by atoms with Gasteiger partial charge in [-0.2, -0.15) is 0 Å². The summed E-state index contributed by atoms with van der Waals surface area (Å²) in [5.41, 5.74) is 0.739. The SMILES string of the molecule is CCCCOc1ncc(NC(=O)[C@@](C)(CC(C)C)OCCC)cc1C. The molecule has 0 aliphatic carbocycles. The monoisotopic (exact) mass is 350 g/mol. The fourth-order valence-electron chi connectivity index (χ4n) is 2.68. The maximum absolute atomic E-state index is 12.8.